The standard InChI is InChI=1S/C90H169NO18/c1-3-5-7-9-11-13-15-17-19-21-23-25-27-29-31-32-33-34-35-36-37-38-39-40-42-44-46-48-50-52-54-56-58-60-62-64-66-68-78(96)91-73(74(95)67-65-63-61-59-57-55-53-51-49-47-45-43-41-30-28-26-24-22-20-18-16-14-12-10-8-6-4-2)72-104-88-84(102)81(99)86(76(70-93)106-88)109-90-85(103)82(100)87(77(71-94)107-90)108-89-83(101)80(98)79(97)75(69-92)105-89/h15,17,21,23,27,29,73-77,79-90,92-95,97-103H,3-14,16,18-20,22,24-26,28,30-72H2,1-2H3,(H,91,96)/b17-15-,23-21-,29-27-. The second-order valence-corrected chi connectivity index (χ2v) is 32.8. The monoisotopic (exact) mass is 1550 g/mol. The van der Waals surface area contributed by atoms with E-state index in [-0.39, 0.29) is 18.9 Å². The van der Waals surface area contributed by atoms with E-state index in [2.05, 4.69) is 55.6 Å². The fourth-order valence-corrected chi connectivity index (χ4v) is 15.7. The van der Waals surface area contributed by atoms with Gasteiger partial charge in [0.2, 0.25) is 5.91 Å². The first kappa shape index (κ1) is 101. The number of ether oxygens (including phenoxy) is 6. The van der Waals surface area contributed by atoms with Gasteiger partial charge >= 0.3 is 0 Å². The Kier molecular flexibility index (Phi) is 65.2. The number of unbranched alkanes of at least 4 members (excludes halogenated alkanes) is 53. The lowest BCUT2D eigenvalue weighted by atomic mass is 9.96. The van der Waals surface area contributed by atoms with Crippen molar-refractivity contribution in [3.63, 3.8) is 0 Å². The summed E-state index contributed by atoms with van der Waals surface area (Å²) in [5.74, 6) is -0.234. The average molecular weight is 1550 g/mol. The summed E-state index contributed by atoms with van der Waals surface area (Å²) in [7, 11) is 0. The molecule has 0 aromatic heterocycles. The van der Waals surface area contributed by atoms with Crippen molar-refractivity contribution in [3.8, 4) is 0 Å². The summed E-state index contributed by atoms with van der Waals surface area (Å²) in [5, 5.41) is 121. The predicted octanol–water partition coefficient (Wildman–Crippen LogP) is 17.4. The lowest BCUT2D eigenvalue weighted by Crippen LogP contribution is -2.66. The number of aliphatic hydroxyl groups excluding tert-OH is 11. The molecule has 3 fully saturated rings. The number of hydrogen-bond acceptors (Lipinski definition) is 18. The van der Waals surface area contributed by atoms with E-state index in [1.807, 2.05) is 0 Å². The van der Waals surface area contributed by atoms with Gasteiger partial charge in [-0.2, -0.15) is 0 Å². The summed E-state index contributed by atoms with van der Waals surface area (Å²) < 4.78 is 34.6. The van der Waals surface area contributed by atoms with Gasteiger partial charge in [-0.1, -0.05) is 378 Å². The van der Waals surface area contributed by atoms with Crippen LogP contribution in [0.25, 0.3) is 0 Å². The van der Waals surface area contributed by atoms with Gasteiger partial charge in [0.1, 0.15) is 73.2 Å². The fourth-order valence-electron chi connectivity index (χ4n) is 15.7. The van der Waals surface area contributed by atoms with Crippen LogP contribution in [0.5, 0.6) is 0 Å². The van der Waals surface area contributed by atoms with Crippen molar-refractivity contribution < 1.29 is 89.4 Å². The summed E-state index contributed by atoms with van der Waals surface area (Å²) in [6.45, 7) is 1.86. The minimum Gasteiger partial charge on any atom is -0.394 e. The maximum atomic E-state index is 13.5. The van der Waals surface area contributed by atoms with Gasteiger partial charge in [0.15, 0.2) is 18.9 Å². The maximum Gasteiger partial charge on any atom is 0.220 e. The van der Waals surface area contributed by atoms with Crippen LogP contribution in [-0.4, -0.2) is 193 Å². The van der Waals surface area contributed by atoms with Gasteiger partial charge in [-0.25, -0.2) is 0 Å². The molecule has 109 heavy (non-hydrogen) atoms. The first-order valence-electron chi connectivity index (χ1n) is 45.7. The van der Waals surface area contributed by atoms with E-state index in [9.17, 15) is 61.0 Å². The van der Waals surface area contributed by atoms with Gasteiger partial charge in [0.05, 0.1) is 38.6 Å². The predicted molar refractivity (Wildman–Crippen MR) is 439 cm³/mol. The first-order chi connectivity index (χ1) is 53.3. The number of hydrogen-bond donors (Lipinski definition) is 12. The molecule has 0 aromatic rings. The maximum absolute atomic E-state index is 13.5. The van der Waals surface area contributed by atoms with Gasteiger partial charge in [-0.3, -0.25) is 4.79 Å². The highest BCUT2D eigenvalue weighted by Crippen LogP contribution is 2.34. The van der Waals surface area contributed by atoms with Crippen molar-refractivity contribution in [1.82, 2.24) is 5.32 Å². The Balaban J connectivity index is 1.30. The van der Waals surface area contributed by atoms with Crippen LogP contribution in [0.15, 0.2) is 36.5 Å². The first-order valence-corrected chi connectivity index (χ1v) is 45.7. The average Bonchev–Trinajstić information content (AvgIpc) is 0.760. The molecule has 3 aliphatic rings. The van der Waals surface area contributed by atoms with Crippen LogP contribution in [-0.2, 0) is 33.2 Å². The molecule has 3 saturated heterocycles. The molecule has 12 N–H and O–H groups in total. The second kappa shape index (κ2) is 70.2. The molecule has 3 heterocycles. The largest absolute Gasteiger partial charge is 0.394 e. The molecular weight excluding hydrogens is 1380 g/mol. The quantitative estimate of drug-likeness (QED) is 0.0199. The highest BCUT2D eigenvalue weighted by atomic mass is 16.8. The van der Waals surface area contributed by atoms with E-state index in [4.69, 9.17) is 28.4 Å². The molecule has 1 amide bonds. The van der Waals surface area contributed by atoms with Crippen molar-refractivity contribution in [3.05, 3.63) is 36.5 Å². The third-order valence-corrected chi connectivity index (χ3v) is 23.0. The minimum absolute atomic E-state index is 0.234. The third-order valence-electron chi connectivity index (χ3n) is 23.0. The number of nitrogens with one attached hydrogen (secondary N) is 1. The van der Waals surface area contributed by atoms with Crippen molar-refractivity contribution in [2.75, 3.05) is 26.4 Å². The van der Waals surface area contributed by atoms with Gasteiger partial charge in [0.25, 0.3) is 0 Å². The molecule has 0 spiro atoms. The number of rotatable bonds is 75. The smallest absolute Gasteiger partial charge is 0.220 e. The molecule has 17 atom stereocenters. The number of carbonyl (C=O) groups is 1. The van der Waals surface area contributed by atoms with Crippen LogP contribution in [0.4, 0.5) is 0 Å². The Morgan fingerprint density at radius 2 is 0.606 bits per heavy atom. The second-order valence-electron chi connectivity index (χ2n) is 32.8. The van der Waals surface area contributed by atoms with Crippen LogP contribution in [0, 0.1) is 0 Å². The summed E-state index contributed by atoms with van der Waals surface area (Å²) in [6, 6.07) is -0.888. The molecule has 19 heteroatoms. The van der Waals surface area contributed by atoms with E-state index in [1.54, 1.807) is 0 Å². The van der Waals surface area contributed by atoms with Crippen LogP contribution in [0.3, 0.4) is 0 Å². The topological polar surface area (TPSA) is 307 Å². The Morgan fingerprint density at radius 1 is 0.330 bits per heavy atom. The fraction of sp³-hybridized carbons (Fsp3) is 0.922. The molecule has 3 aliphatic heterocycles. The van der Waals surface area contributed by atoms with E-state index in [0.717, 1.165) is 57.8 Å². The van der Waals surface area contributed by atoms with Gasteiger partial charge in [0, 0.05) is 6.42 Å². The van der Waals surface area contributed by atoms with Crippen molar-refractivity contribution >= 4 is 5.91 Å². The molecule has 0 radical (unpaired) electrons. The van der Waals surface area contributed by atoms with Gasteiger partial charge in [-0.15, -0.1) is 0 Å². The molecule has 0 aliphatic carbocycles. The number of aliphatic hydroxyl groups is 11. The number of amides is 1. The SMILES string of the molecule is CCCCCCC/C=C\C/C=C\C/C=C\CCCCCCCCCCCCCCCCCCCCCCCCC(=O)NC(COC1OC(CO)C(OC2OC(CO)C(OC3OC(CO)C(O)C(O)C3O)C(O)C2O)C(O)C1O)C(O)CCCCCCCCCCCCCCCCCCCCCCCCCCCCC. The van der Waals surface area contributed by atoms with Crippen molar-refractivity contribution in [2.45, 2.75) is 503 Å². The lowest BCUT2D eigenvalue weighted by Gasteiger charge is -2.48. The van der Waals surface area contributed by atoms with Crippen LogP contribution in [0.2, 0.25) is 0 Å². The zero-order chi connectivity index (χ0) is 78.8. The Bertz CT molecular complexity index is 2100. The molecule has 642 valence electrons. The van der Waals surface area contributed by atoms with Crippen LogP contribution < -0.4 is 5.32 Å². The zero-order valence-electron chi connectivity index (χ0n) is 69.3. The molecule has 19 nitrogen and oxygen atoms in total. The van der Waals surface area contributed by atoms with Gasteiger partial charge < -0.3 is 89.9 Å². The summed E-state index contributed by atoms with van der Waals surface area (Å²) >= 11 is 0. The molecule has 17 unspecified atom stereocenters. The van der Waals surface area contributed by atoms with E-state index in [0.29, 0.717) is 12.8 Å². The number of carbonyl (C=O) groups excluding carboxylic acids is 1. The molecule has 3 rings (SSSR count). The minimum atomic E-state index is -1.97. The Hall–Kier alpha value is -1.99. The van der Waals surface area contributed by atoms with E-state index in [1.165, 1.54) is 308 Å². The Morgan fingerprint density at radius 3 is 0.945 bits per heavy atom. The van der Waals surface area contributed by atoms with E-state index < -0.39 is 124 Å². The molecular formula is C90H169NO18. The zero-order valence-corrected chi connectivity index (χ0v) is 69.3. The highest BCUT2D eigenvalue weighted by Gasteiger charge is 2.54. The lowest BCUT2D eigenvalue weighted by molar-refractivity contribution is -0.379. The third kappa shape index (κ3) is 49.0. The summed E-state index contributed by atoms with van der Waals surface area (Å²) in [5.41, 5.74) is 0. The van der Waals surface area contributed by atoms with Crippen LogP contribution >= 0.6 is 0 Å². The molecule has 0 saturated carbocycles. The van der Waals surface area contributed by atoms with Gasteiger partial charge in [-0.05, 0) is 51.4 Å². The van der Waals surface area contributed by atoms with Crippen molar-refractivity contribution in [2.24, 2.45) is 0 Å². The summed E-state index contributed by atoms with van der Waals surface area (Å²) in [4.78, 5) is 13.5. The molecule has 0 aromatic carbocycles. The highest BCUT2D eigenvalue weighted by molar-refractivity contribution is 5.76. The normalized spacial score (nSPS) is 25.4. The Labute approximate surface area is 663 Å². The number of allylic oxidation sites excluding steroid dienone is 6. The summed E-state index contributed by atoms with van der Waals surface area (Å²) in [6.07, 6.45) is 62.6. The van der Waals surface area contributed by atoms with Crippen molar-refractivity contribution in [1.29, 1.82) is 0 Å². The van der Waals surface area contributed by atoms with E-state index >= 15 is 0 Å². The van der Waals surface area contributed by atoms with Crippen LogP contribution in [0.1, 0.15) is 399 Å². The molecule has 0 bridgehead atoms.